The molecule has 0 fully saturated rings. The summed E-state index contributed by atoms with van der Waals surface area (Å²) in [5.41, 5.74) is 1.42. The van der Waals surface area contributed by atoms with E-state index in [-0.39, 0.29) is 5.56 Å². The Balaban J connectivity index is 1.70. The first-order valence-electron chi connectivity index (χ1n) is 7.35. The fourth-order valence-electron chi connectivity index (χ4n) is 2.52. The molecule has 4 rings (SSSR count). The Kier molecular flexibility index (Phi) is 3.28. The first-order valence-corrected chi connectivity index (χ1v) is 7.35. The molecule has 0 atom stereocenters. The summed E-state index contributed by atoms with van der Waals surface area (Å²) in [7, 11) is 0. The second kappa shape index (κ2) is 5.58. The van der Waals surface area contributed by atoms with Gasteiger partial charge in [-0.3, -0.25) is 19.0 Å². The molecule has 0 saturated carbocycles. The number of fused-ring (bicyclic) bond motifs is 2. The van der Waals surface area contributed by atoms with E-state index in [1.807, 2.05) is 30.3 Å². The van der Waals surface area contributed by atoms with Crippen molar-refractivity contribution >= 4 is 28.1 Å². The highest BCUT2D eigenvalue weighted by Crippen LogP contribution is 2.16. The minimum absolute atomic E-state index is 0.0214. The van der Waals surface area contributed by atoms with E-state index in [2.05, 4.69) is 15.3 Å². The third kappa shape index (κ3) is 2.40. The smallest absolute Gasteiger partial charge is 0.270 e. The van der Waals surface area contributed by atoms with Crippen LogP contribution in [0.1, 0.15) is 10.4 Å². The molecule has 1 aromatic carbocycles. The van der Waals surface area contributed by atoms with Gasteiger partial charge in [-0.25, -0.2) is 4.98 Å². The average molecular weight is 316 g/mol. The molecule has 0 bridgehead atoms. The molecule has 3 aromatic heterocycles. The van der Waals surface area contributed by atoms with Gasteiger partial charge in [0.15, 0.2) is 0 Å². The van der Waals surface area contributed by atoms with Gasteiger partial charge >= 0.3 is 0 Å². The maximum absolute atomic E-state index is 12.4. The van der Waals surface area contributed by atoms with Crippen molar-refractivity contribution < 1.29 is 4.79 Å². The maximum atomic E-state index is 12.4. The van der Waals surface area contributed by atoms with Gasteiger partial charge in [0.1, 0.15) is 11.2 Å². The quantitative estimate of drug-likeness (QED) is 0.616. The summed E-state index contributed by atoms with van der Waals surface area (Å²) in [6.45, 7) is 0. The van der Waals surface area contributed by atoms with E-state index in [1.165, 1.54) is 10.6 Å². The number of pyridine rings is 2. The molecule has 0 aliphatic heterocycles. The van der Waals surface area contributed by atoms with Crippen molar-refractivity contribution in [2.75, 3.05) is 5.32 Å². The van der Waals surface area contributed by atoms with Crippen molar-refractivity contribution in [3.8, 4) is 0 Å². The first kappa shape index (κ1) is 14.1. The van der Waals surface area contributed by atoms with Gasteiger partial charge in [-0.05, 0) is 24.3 Å². The van der Waals surface area contributed by atoms with E-state index < -0.39 is 11.5 Å². The molecule has 4 aromatic rings. The molecule has 0 radical (unpaired) electrons. The monoisotopic (exact) mass is 316 g/mol. The van der Waals surface area contributed by atoms with Crippen LogP contribution in [0.25, 0.3) is 16.6 Å². The number of para-hydroxylation sites is 1. The van der Waals surface area contributed by atoms with Crippen LogP contribution in [0.5, 0.6) is 0 Å². The van der Waals surface area contributed by atoms with Crippen molar-refractivity contribution in [1.29, 1.82) is 0 Å². The lowest BCUT2D eigenvalue weighted by Crippen LogP contribution is -2.26. The highest BCUT2D eigenvalue weighted by atomic mass is 16.2. The largest absolute Gasteiger partial charge is 0.320 e. The van der Waals surface area contributed by atoms with Gasteiger partial charge in [0, 0.05) is 17.8 Å². The van der Waals surface area contributed by atoms with Crippen molar-refractivity contribution in [2.24, 2.45) is 0 Å². The molecule has 3 heterocycles. The Bertz CT molecular complexity index is 1130. The van der Waals surface area contributed by atoms with Gasteiger partial charge in [0.25, 0.3) is 11.5 Å². The lowest BCUT2D eigenvalue weighted by atomic mass is 10.2. The number of hydrogen-bond donors (Lipinski definition) is 1. The number of carbonyl (C=O) groups excluding carboxylic acids is 1. The Morgan fingerprint density at radius 2 is 1.83 bits per heavy atom. The standard InChI is InChI=1S/C18H12N4O2/c23-17(14-11-20-16-7-3-4-8-22(16)18(14)24)21-13-9-12-5-1-2-6-15(12)19-10-13/h1-11H,(H,21,23). The molecule has 1 N–H and O–H groups in total. The van der Waals surface area contributed by atoms with Crippen LogP contribution in [0.15, 0.2) is 71.9 Å². The Morgan fingerprint density at radius 3 is 2.75 bits per heavy atom. The number of anilines is 1. The highest BCUT2D eigenvalue weighted by molar-refractivity contribution is 6.04. The van der Waals surface area contributed by atoms with Gasteiger partial charge in [-0.2, -0.15) is 0 Å². The van der Waals surface area contributed by atoms with Crippen molar-refractivity contribution in [3.63, 3.8) is 0 Å². The Hall–Kier alpha value is -3.54. The molecule has 6 heteroatoms. The fraction of sp³-hybridized carbons (Fsp3) is 0. The van der Waals surface area contributed by atoms with Crippen LogP contribution in [-0.4, -0.2) is 20.3 Å². The van der Waals surface area contributed by atoms with E-state index in [0.29, 0.717) is 11.3 Å². The van der Waals surface area contributed by atoms with Crippen LogP contribution in [0.4, 0.5) is 5.69 Å². The first-order chi connectivity index (χ1) is 11.7. The van der Waals surface area contributed by atoms with Crippen LogP contribution in [0, 0.1) is 0 Å². The number of rotatable bonds is 2. The topological polar surface area (TPSA) is 76.4 Å². The van der Waals surface area contributed by atoms with Crippen LogP contribution in [-0.2, 0) is 0 Å². The van der Waals surface area contributed by atoms with E-state index in [4.69, 9.17) is 0 Å². The molecule has 1 amide bonds. The molecule has 0 aliphatic rings. The van der Waals surface area contributed by atoms with Gasteiger partial charge in [-0.15, -0.1) is 0 Å². The number of hydrogen-bond acceptors (Lipinski definition) is 4. The van der Waals surface area contributed by atoms with Crippen LogP contribution >= 0.6 is 0 Å². The molecule has 6 nitrogen and oxygen atoms in total. The SMILES string of the molecule is O=C(Nc1cnc2ccccc2c1)c1cnc2ccccn2c1=O. The van der Waals surface area contributed by atoms with Crippen molar-refractivity contribution in [2.45, 2.75) is 0 Å². The summed E-state index contributed by atoms with van der Waals surface area (Å²) in [6.07, 6.45) is 4.44. The highest BCUT2D eigenvalue weighted by Gasteiger charge is 2.13. The molecular weight excluding hydrogens is 304 g/mol. The second-order valence-electron chi connectivity index (χ2n) is 5.28. The number of nitrogens with zero attached hydrogens (tertiary/aromatic N) is 3. The summed E-state index contributed by atoms with van der Waals surface area (Å²) < 4.78 is 1.34. The summed E-state index contributed by atoms with van der Waals surface area (Å²) >= 11 is 0. The fourth-order valence-corrected chi connectivity index (χ4v) is 2.52. The van der Waals surface area contributed by atoms with Crippen LogP contribution in [0.2, 0.25) is 0 Å². The molecular formula is C18H12N4O2. The van der Waals surface area contributed by atoms with Gasteiger partial charge < -0.3 is 5.32 Å². The average Bonchev–Trinajstić information content (AvgIpc) is 2.62. The van der Waals surface area contributed by atoms with E-state index in [9.17, 15) is 9.59 Å². The third-order valence-corrected chi connectivity index (χ3v) is 3.71. The zero-order chi connectivity index (χ0) is 16.5. The summed E-state index contributed by atoms with van der Waals surface area (Å²) in [4.78, 5) is 33.3. The minimum atomic E-state index is -0.511. The maximum Gasteiger partial charge on any atom is 0.270 e. The molecule has 116 valence electrons. The summed E-state index contributed by atoms with van der Waals surface area (Å²) in [5.74, 6) is -0.511. The molecule has 24 heavy (non-hydrogen) atoms. The Morgan fingerprint density at radius 1 is 1.00 bits per heavy atom. The summed E-state index contributed by atoms with van der Waals surface area (Å²) in [6, 6.07) is 14.6. The molecule has 0 aliphatic carbocycles. The number of nitrogens with one attached hydrogen (secondary N) is 1. The lowest BCUT2D eigenvalue weighted by Gasteiger charge is -2.07. The molecule has 0 unspecified atom stereocenters. The lowest BCUT2D eigenvalue weighted by molar-refractivity contribution is 0.102. The zero-order valence-corrected chi connectivity index (χ0v) is 12.5. The number of benzene rings is 1. The normalized spacial score (nSPS) is 10.8. The van der Waals surface area contributed by atoms with Crippen LogP contribution in [0.3, 0.4) is 0 Å². The molecule has 0 spiro atoms. The van der Waals surface area contributed by atoms with Crippen molar-refractivity contribution in [1.82, 2.24) is 14.4 Å². The summed E-state index contributed by atoms with van der Waals surface area (Å²) in [5, 5.41) is 3.61. The predicted octanol–water partition coefficient (Wildman–Crippen LogP) is 2.50. The van der Waals surface area contributed by atoms with Crippen molar-refractivity contribution in [3.05, 3.63) is 83.0 Å². The van der Waals surface area contributed by atoms with Gasteiger partial charge in [-0.1, -0.05) is 24.3 Å². The second-order valence-corrected chi connectivity index (χ2v) is 5.28. The van der Waals surface area contributed by atoms with E-state index in [0.717, 1.165) is 10.9 Å². The zero-order valence-electron chi connectivity index (χ0n) is 12.5. The minimum Gasteiger partial charge on any atom is -0.320 e. The number of aromatic nitrogens is 3. The number of amides is 1. The van der Waals surface area contributed by atoms with Gasteiger partial charge in [0.2, 0.25) is 0 Å². The van der Waals surface area contributed by atoms with E-state index in [1.54, 1.807) is 30.6 Å². The Labute approximate surface area is 136 Å². The predicted molar refractivity (Wildman–Crippen MR) is 91.2 cm³/mol. The van der Waals surface area contributed by atoms with E-state index >= 15 is 0 Å². The van der Waals surface area contributed by atoms with Gasteiger partial charge in [0.05, 0.1) is 17.4 Å². The number of carbonyl (C=O) groups is 1. The van der Waals surface area contributed by atoms with Crippen LogP contribution < -0.4 is 10.9 Å². The molecule has 0 saturated heterocycles. The third-order valence-electron chi connectivity index (χ3n) is 3.71.